The molecule has 0 radical (unpaired) electrons. The Kier molecular flexibility index (Phi) is 5.53. The lowest BCUT2D eigenvalue weighted by Crippen LogP contribution is -2.21. The maximum Gasteiger partial charge on any atom is 0.146 e. The molecule has 0 fully saturated rings. The van der Waals surface area contributed by atoms with E-state index in [9.17, 15) is 4.79 Å². The number of rotatable bonds is 5. The molecule has 0 aromatic rings. The summed E-state index contributed by atoms with van der Waals surface area (Å²) >= 11 is 0. The molecule has 60 valence electrons. The standard InChI is InChI=1S/C7H16O2Si/c1-3-4-7(9-10)6(2)5-8/h5-7H,3-4H2,1-2,10H3/t6-,7+/m1/s1. The zero-order valence-corrected chi connectivity index (χ0v) is 8.96. The third-order valence-corrected chi connectivity index (χ3v) is 2.28. The number of carbonyl (C=O) groups excluding carboxylic acids is 1. The molecule has 0 aliphatic carbocycles. The van der Waals surface area contributed by atoms with E-state index < -0.39 is 0 Å². The van der Waals surface area contributed by atoms with Crippen molar-refractivity contribution in [1.29, 1.82) is 0 Å². The zero-order valence-electron chi connectivity index (χ0n) is 6.96. The second-order valence-electron chi connectivity index (χ2n) is 2.56. The smallest absolute Gasteiger partial charge is 0.146 e. The summed E-state index contributed by atoms with van der Waals surface area (Å²) in [5.74, 6) is 0.0671. The molecule has 0 bridgehead atoms. The Morgan fingerprint density at radius 3 is 2.60 bits per heavy atom. The van der Waals surface area contributed by atoms with Gasteiger partial charge in [-0.1, -0.05) is 20.3 Å². The highest BCUT2D eigenvalue weighted by Crippen LogP contribution is 2.09. The van der Waals surface area contributed by atoms with Crippen molar-refractivity contribution in [1.82, 2.24) is 0 Å². The molecule has 0 aromatic carbocycles. The molecule has 0 aliphatic rings. The monoisotopic (exact) mass is 160 g/mol. The van der Waals surface area contributed by atoms with Crippen LogP contribution in [-0.2, 0) is 9.22 Å². The van der Waals surface area contributed by atoms with Crippen LogP contribution in [0.15, 0.2) is 0 Å². The van der Waals surface area contributed by atoms with Gasteiger partial charge in [0.15, 0.2) is 0 Å². The third kappa shape index (κ3) is 3.13. The number of hydrogen-bond acceptors (Lipinski definition) is 2. The van der Waals surface area contributed by atoms with Crippen LogP contribution in [-0.4, -0.2) is 22.9 Å². The minimum Gasteiger partial charge on any atom is -0.424 e. The van der Waals surface area contributed by atoms with Crippen molar-refractivity contribution in [2.24, 2.45) is 5.92 Å². The fourth-order valence-electron chi connectivity index (χ4n) is 0.968. The number of carbonyl (C=O) groups is 1. The average molecular weight is 160 g/mol. The van der Waals surface area contributed by atoms with E-state index in [4.69, 9.17) is 4.43 Å². The first kappa shape index (κ1) is 9.85. The molecule has 0 rings (SSSR count). The van der Waals surface area contributed by atoms with Crippen LogP contribution in [0.1, 0.15) is 26.7 Å². The molecular weight excluding hydrogens is 144 g/mol. The van der Waals surface area contributed by atoms with E-state index in [-0.39, 0.29) is 12.0 Å². The van der Waals surface area contributed by atoms with Crippen molar-refractivity contribution in [3.05, 3.63) is 0 Å². The van der Waals surface area contributed by atoms with Gasteiger partial charge in [0.05, 0.1) is 6.10 Å². The Morgan fingerprint density at radius 2 is 2.30 bits per heavy atom. The van der Waals surface area contributed by atoms with Crippen LogP contribution >= 0.6 is 0 Å². The predicted octanol–water partition coefficient (Wildman–Crippen LogP) is 0.287. The van der Waals surface area contributed by atoms with Gasteiger partial charge in [-0.05, 0) is 6.42 Å². The fraction of sp³-hybridized carbons (Fsp3) is 0.857. The lowest BCUT2D eigenvalue weighted by molar-refractivity contribution is -0.113. The van der Waals surface area contributed by atoms with Crippen LogP contribution in [0, 0.1) is 5.92 Å². The molecule has 0 N–H and O–H groups in total. The zero-order chi connectivity index (χ0) is 7.98. The lowest BCUT2D eigenvalue weighted by atomic mass is 10.0. The minimum atomic E-state index is 0.0671. The van der Waals surface area contributed by atoms with Crippen molar-refractivity contribution in [3.63, 3.8) is 0 Å². The van der Waals surface area contributed by atoms with Gasteiger partial charge in [0.25, 0.3) is 0 Å². The Balaban J connectivity index is 3.67. The fourth-order valence-corrected chi connectivity index (χ4v) is 1.63. The van der Waals surface area contributed by atoms with Gasteiger partial charge >= 0.3 is 0 Å². The quantitative estimate of drug-likeness (QED) is 0.427. The second-order valence-corrected chi connectivity index (χ2v) is 3.03. The normalized spacial score (nSPS) is 16.6. The summed E-state index contributed by atoms with van der Waals surface area (Å²) in [4.78, 5) is 10.3. The molecule has 0 heterocycles. The highest BCUT2D eigenvalue weighted by molar-refractivity contribution is 5.98. The van der Waals surface area contributed by atoms with E-state index >= 15 is 0 Å². The highest BCUT2D eigenvalue weighted by atomic mass is 28.2. The summed E-state index contributed by atoms with van der Waals surface area (Å²) in [6.07, 6.45) is 3.24. The molecule has 0 aliphatic heterocycles. The largest absolute Gasteiger partial charge is 0.424 e. The first-order valence-corrected chi connectivity index (χ1v) is 4.56. The Bertz CT molecular complexity index is 95.6. The van der Waals surface area contributed by atoms with E-state index in [0.717, 1.165) is 29.6 Å². The summed E-state index contributed by atoms with van der Waals surface area (Å²) in [5.41, 5.74) is 0. The molecule has 0 spiro atoms. The van der Waals surface area contributed by atoms with Crippen molar-refractivity contribution in [2.75, 3.05) is 0 Å². The van der Waals surface area contributed by atoms with Gasteiger partial charge in [0.2, 0.25) is 0 Å². The SMILES string of the molecule is CCC[C@H](O[SiH3])[C@H](C)C=O. The van der Waals surface area contributed by atoms with Crippen molar-refractivity contribution < 1.29 is 9.22 Å². The van der Waals surface area contributed by atoms with Crippen LogP contribution in [0.4, 0.5) is 0 Å². The summed E-state index contributed by atoms with van der Waals surface area (Å²) in [5, 5.41) is 0. The van der Waals surface area contributed by atoms with Crippen LogP contribution in [0.25, 0.3) is 0 Å². The highest BCUT2D eigenvalue weighted by Gasteiger charge is 2.13. The van der Waals surface area contributed by atoms with Crippen molar-refractivity contribution >= 4 is 16.8 Å². The van der Waals surface area contributed by atoms with Gasteiger partial charge in [0, 0.05) is 5.92 Å². The second kappa shape index (κ2) is 5.62. The van der Waals surface area contributed by atoms with Crippen molar-refractivity contribution in [3.8, 4) is 0 Å². The first-order chi connectivity index (χ1) is 4.76. The van der Waals surface area contributed by atoms with Gasteiger partial charge in [-0.3, -0.25) is 0 Å². The summed E-state index contributed by atoms with van der Waals surface area (Å²) < 4.78 is 5.25. The molecule has 2 nitrogen and oxygen atoms in total. The predicted molar refractivity (Wildman–Crippen MR) is 44.9 cm³/mol. The molecule has 0 saturated heterocycles. The van der Waals surface area contributed by atoms with Crippen molar-refractivity contribution in [2.45, 2.75) is 32.8 Å². The van der Waals surface area contributed by atoms with E-state index in [1.807, 2.05) is 6.92 Å². The Hall–Kier alpha value is -0.153. The van der Waals surface area contributed by atoms with E-state index in [1.54, 1.807) is 0 Å². The molecule has 2 atom stereocenters. The third-order valence-electron chi connectivity index (χ3n) is 1.68. The Morgan fingerprint density at radius 1 is 1.70 bits per heavy atom. The minimum absolute atomic E-state index is 0.0671. The molecule has 0 amide bonds. The van der Waals surface area contributed by atoms with Crippen LogP contribution in [0.2, 0.25) is 0 Å². The molecule has 3 heteroatoms. The van der Waals surface area contributed by atoms with Crippen LogP contribution in [0.5, 0.6) is 0 Å². The summed E-state index contributed by atoms with van der Waals surface area (Å²) in [7, 11) is 0.730. The molecule has 0 unspecified atom stereocenters. The van der Waals surface area contributed by atoms with Crippen LogP contribution in [0.3, 0.4) is 0 Å². The van der Waals surface area contributed by atoms with Gasteiger partial charge in [0.1, 0.15) is 16.8 Å². The van der Waals surface area contributed by atoms with Gasteiger partial charge in [-0.15, -0.1) is 0 Å². The maximum atomic E-state index is 10.3. The van der Waals surface area contributed by atoms with Gasteiger partial charge in [-0.2, -0.15) is 0 Å². The van der Waals surface area contributed by atoms with E-state index in [2.05, 4.69) is 6.92 Å². The maximum absolute atomic E-state index is 10.3. The number of hydrogen-bond donors (Lipinski definition) is 0. The van der Waals surface area contributed by atoms with E-state index in [1.165, 1.54) is 0 Å². The van der Waals surface area contributed by atoms with Gasteiger partial charge < -0.3 is 9.22 Å². The first-order valence-electron chi connectivity index (χ1n) is 3.74. The molecule has 0 saturated carbocycles. The van der Waals surface area contributed by atoms with E-state index in [0.29, 0.717) is 0 Å². The van der Waals surface area contributed by atoms with Gasteiger partial charge in [-0.25, -0.2) is 0 Å². The Labute approximate surface area is 65.5 Å². The molecule has 10 heavy (non-hydrogen) atoms. The molecular formula is C7H16O2Si. The summed E-state index contributed by atoms with van der Waals surface area (Å²) in [6.45, 7) is 4.01. The average Bonchev–Trinajstić information content (AvgIpc) is 1.99. The number of aldehydes is 1. The summed E-state index contributed by atoms with van der Waals surface area (Å²) in [6, 6.07) is 0. The van der Waals surface area contributed by atoms with Crippen LogP contribution < -0.4 is 0 Å². The molecule has 0 aromatic heterocycles. The topological polar surface area (TPSA) is 26.3 Å². The lowest BCUT2D eigenvalue weighted by Gasteiger charge is -2.17.